The quantitative estimate of drug-likeness (QED) is 0.826. The van der Waals surface area contributed by atoms with Gasteiger partial charge in [0.05, 0.1) is 6.10 Å². The maximum Gasteiger partial charge on any atom is 0.0586 e. The van der Waals surface area contributed by atoms with Crippen LogP contribution in [0.2, 0.25) is 0 Å². The molecule has 4 fully saturated rings. The van der Waals surface area contributed by atoms with E-state index >= 15 is 0 Å². The first kappa shape index (κ1) is 14.3. The third-order valence-electron chi connectivity index (χ3n) is 6.46. The molecule has 0 aliphatic heterocycles. The van der Waals surface area contributed by atoms with Crippen molar-refractivity contribution in [3.05, 3.63) is 22.4 Å². The highest BCUT2D eigenvalue weighted by molar-refractivity contribution is 7.07. The summed E-state index contributed by atoms with van der Waals surface area (Å²) in [7, 11) is 0. The van der Waals surface area contributed by atoms with Gasteiger partial charge >= 0.3 is 0 Å². The molecule has 1 nitrogen and oxygen atoms in total. The monoisotopic (exact) mass is 304 g/mol. The van der Waals surface area contributed by atoms with E-state index in [0.717, 1.165) is 18.8 Å². The maximum absolute atomic E-state index is 10.7. The molecule has 2 heteroatoms. The molecule has 4 aliphatic rings. The van der Waals surface area contributed by atoms with E-state index in [-0.39, 0.29) is 6.10 Å². The summed E-state index contributed by atoms with van der Waals surface area (Å²) in [6, 6.07) is 2.16. The zero-order valence-electron chi connectivity index (χ0n) is 13.4. The lowest BCUT2D eigenvalue weighted by atomic mass is 9.39. The Hall–Kier alpha value is -0.340. The fourth-order valence-electron chi connectivity index (χ4n) is 7.16. The Morgan fingerprint density at radius 2 is 1.90 bits per heavy atom. The lowest BCUT2D eigenvalue weighted by Gasteiger charge is -2.66. The molecule has 4 aliphatic carbocycles. The summed E-state index contributed by atoms with van der Waals surface area (Å²) in [6.07, 6.45) is 10.2. The van der Waals surface area contributed by atoms with Crippen LogP contribution in [0.25, 0.3) is 0 Å². The minimum atomic E-state index is -0.150. The second kappa shape index (κ2) is 4.58. The van der Waals surface area contributed by atoms with E-state index in [4.69, 9.17) is 0 Å². The minimum Gasteiger partial charge on any atom is -0.393 e. The van der Waals surface area contributed by atoms with Gasteiger partial charge < -0.3 is 5.11 Å². The van der Waals surface area contributed by atoms with Gasteiger partial charge in [-0.1, -0.05) is 13.8 Å². The second-order valence-electron chi connectivity index (χ2n) is 9.32. The molecular formula is C19H28OS. The number of aliphatic hydroxyl groups is 1. The molecule has 1 aromatic heterocycles. The highest BCUT2D eigenvalue weighted by Gasteiger charge is 2.60. The van der Waals surface area contributed by atoms with Crippen molar-refractivity contribution in [1.29, 1.82) is 0 Å². The fourth-order valence-corrected chi connectivity index (χ4v) is 7.85. The van der Waals surface area contributed by atoms with Gasteiger partial charge in [-0.3, -0.25) is 0 Å². The number of hydrogen-bond donors (Lipinski definition) is 1. The van der Waals surface area contributed by atoms with Crippen molar-refractivity contribution in [1.82, 2.24) is 0 Å². The van der Waals surface area contributed by atoms with E-state index in [1.165, 1.54) is 44.1 Å². The topological polar surface area (TPSA) is 20.2 Å². The van der Waals surface area contributed by atoms with Gasteiger partial charge in [-0.2, -0.15) is 11.3 Å². The average Bonchev–Trinajstić information content (AvgIpc) is 2.74. The standard InChI is InChI=1S/C19H28OS/c1-17-6-15-7-18(2,11-17)13-19(8-15,12-17)9-16(20)5-14-3-4-21-10-14/h3-4,10,15-16,20H,5-9,11-13H2,1-2H3. The summed E-state index contributed by atoms with van der Waals surface area (Å²) in [5.41, 5.74) is 2.89. The molecule has 0 amide bonds. The molecule has 0 radical (unpaired) electrons. The van der Waals surface area contributed by atoms with Crippen LogP contribution in [0.5, 0.6) is 0 Å². The molecule has 1 aromatic rings. The molecule has 1 N–H and O–H groups in total. The van der Waals surface area contributed by atoms with Gasteiger partial charge in [0.1, 0.15) is 0 Å². The van der Waals surface area contributed by atoms with Crippen LogP contribution >= 0.6 is 11.3 Å². The predicted octanol–water partition coefficient (Wildman–Crippen LogP) is 5.04. The molecule has 4 bridgehead atoms. The highest BCUT2D eigenvalue weighted by Crippen LogP contribution is 2.70. The molecule has 116 valence electrons. The predicted molar refractivity (Wildman–Crippen MR) is 88.5 cm³/mol. The number of rotatable bonds is 4. The molecule has 0 aromatic carbocycles. The summed E-state index contributed by atoms with van der Waals surface area (Å²) >= 11 is 1.74. The van der Waals surface area contributed by atoms with Gasteiger partial charge in [0, 0.05) is 0 Å². The summed E-state index contributed by atoms with van der Waals surface area (Å²) in [4.78, 5) is 0. The highest BCUT2D eigenvalue weighted by atomic mass is 32.1. The molecule has 0 saturated heterocycles. The largest absolute Gasteiger partial charge is 0.393 e. The molecule has 1 heterocycles. The molecule has 4 saturated carbocycles. The van der Waals surface area contributed by atoms with Crippen molar-refractivity contribution < 1.29 is 5.11 Å². The fraction of sp³-hybridized carbons (Fsp3) is 0.789. The smallest absolute Gasteiger partial charge is 0.0586 e. The number of hydrogen-bond acceptors (Lipinski definition) is 2. The summed E-state index contributed by atoms with van der Waals surface area (Å²) in [5.74, 6) is 0.935. The van der Waals surface area contributed by atoms with Crippen molar-refractivity contribution in [2.24, 2.45) is 22.2 Å². The second-order valence-corrected chi connectivity index (χ2v) is 10.1. The van der Waals surface area contributed by atoms with E-state index in [1.54, 1.807) is 11.3 Å². The molecule has 0 spiro atoms. The van der Waals surface area contributed by atoms with Gasteiger partial charge in [0.15, 0.2) is 0 Å². The van der Waals surface area contributed by atoms with Crippen molar-refractivity contribution in [2.45, 2.75) is 71.3 Å². The van der Waals surface area contributed by atoms with Gasteiger partial charge in [0.2, 0.25) is 0 Å². The summed E-state index contributed by atoms with van der Waals surface area (Å²) in [6.45, 7) is 5.05. The van der Waals surface area contributed by atoms with E-state index in [1.807, 2.05) is 0 Å². The van der Waals surface area contributed by atoms with E-state index in [9.17, 15) is 5.11 Å². The Labute approximate surface area is 132 Å². The summed E-state index contributed by atoms with van der Waals surface area (Å²) < 4.78 is 0. The van der Waals surface area contributed by atoms with E-state index in [0.29, 0.717) is 16.2 Å². The van der Waals surface area contributed by atoms with Crippen LogP contribution in [0.1, 0.15) is 64.4 Å². The third-order valence-corrected chi connectivity index (χ3v) is 7.19. The lowest BCUT2D eigenvalue weighted by molar-refractivity contribution is -0.156. The average molecular weight is 304 g/mol. The normalized spacial score (nSPS) is 46.0. The van der Waals surface area contributed by atoms with Gasteiger partial charge in [-0.15, -0.1) is 0 Å². The Kier molecular flexibility index (Phi) is 3.11. The Bertz CT molecular complexity index is 502. The van der Waals surface area contributed by atoms with Crippen molar-refractivity contribution in [3.8, 4) is 0 Å². The Morgan fingerprint density at radius 1 is 1.19 bits per heavy atom. The Balaban J connectivity index is 1.51. The first-order chi connectivity index (χ1) is 9.88. The van der Waals surface area contributed by atoms with Crippen LogP contribution in [0.3, 0.4) is 0 Å². The third kappa shape index (κ3) is 2.59. The molecule has 3 unspecified atom stereocenters. The molecule has 21 heavy (non-hydrogen) atoms. The van der Waals surface area contributed by atoms with Crippen LogP contribution in [0.15, 0.2) is 16.8 Å². The zero-order valence-corrected chi connectivity index (χ0v) is 14.2. The van der Waals surface area contributed by atoms with Gasteiger partial charge in [-0.05, 0) is 95.9 Å². The molecule has 5 rings (SSSR count). The van der Waals surface area contributed by atoms with Crippen molar-refractivity contribution >= 4 is 11.3 Å². The van der Waals surface area contributed by atoms with Crippen LogP contribution in [-0.4, -0.2) is 11.2 Å². The number of thiophene rings is 1. The lowest BCUT2D eigenvalue weighted by Crippen LogP contribution is -2.55. The van der Waals surface area contributed by atoms with Crippen LogP contribution < -0.4 is 0 Å². The Morgan fingerprint density at radius 3 is 2.48 bits per heavy atom. The van der Waals surface area contributed by atoms with Crippen LogP contribution in [-0.2, 0) is 6.42 Å². The first-order valence-electron chi connectivity index (χ1n) is 8.57. The molecule has 3 atom stereocenters. The minimum absolute atomic E-state index is 0.150. The number of aliphatic hydroxyl groups excluding tert-OH is 1. The summed E-state index contributed by atoms with van der Waals surface area (Å²) in [5, 5.41) is 15.0. The van der Waals surface area contributed by atoms with Crippen LogP contribution in [0, 0.1) is 22.2 Å². The van der Waals surface area contributed by atoms with Crippen molar-refractivity contribution in [3.63, 3.8) is 0 Å². The van der Waals surface area contributed by atoms with E-state index in [2.05, 4.69) is 30.7 Å². The van der Waals surface area contributed by atoms with E-state index < -0.39 is 0 Å². The van der Waals surface area contributed by atoms with Gasteiger partial charge in [-0.25, -0.2) is 0 Å². The first-order valence-corrected chi connectivity index (χ1v) is 9.51. The van der Waals surface area contributed by atoms with Gasteiger partial charge in [0.25, 0.3) is 0 Å². The van der Waals surface area contributed by atoms with Crippen molar-refractivity contribution in [2.75, 3.05) is 0 Å². The van der Waals surface area contributed by atoms with Crippen LogP contribution in [0.4, 0.5) is 0 Å². The molecular weight excluding hydrogens is 276 g/mol. The zero-order chi connectivity index (χ0) is 14.7. The SMILES string of the molecule is CC12CC3CC(C)(C1)CC(CC(O)Cc1ccsc1)(C3)C2. The maximum atomic E-state index is 10.7.